The number of aromatic nitrogens is 2. The van der Waals surface area contributed by atoms with Crippen LogP contribution in [0.2, 0.25) is 0 Å². The molecule has 2 aromatic heterocycles. The second-order valence-corrected chi connectivity index (χ2v) is 8.33. The van der Waals surface area contributed by atoms with Crippen molar-refractivity contribution in [3.63, 3.8) is 0 Å². The summed E-state index contributed by atoms with van der Waals surface area (Å²) in [5.74, 6) is 0.198. The average Bonchev–Trinajstić information content (AvgIpc) is 2.80. The molecule has 1 N–H and O–H groups in total. The summed E-state index contributed by atoms with van der Waals surface area (Å²) in [6.07, 6.45) is 6.65. The number of carbonyl (C=O) groups excluding carboxylic acids is 2. The van der Waals surface area contributed by atoms with E-state index in [-0.39, 0.29) is 18.6 Å². The molecule has 0 spiro atoms. The fourth-order valence-electron chi connectivity index (χ4n) is 4.25. The quantitative estimate of drug-likeness (QED) is 0.623. The Morgan fingerprint density at radius 1 is 1.13 bits per heavy atom. The van der Waals surface area contributed by atoms with Crippen LogP contribution in [0, 0.1) is 11.8 Å². The van der Waals surface area contributed by atoms with E-state index in [0.29, 0.717) is 34.0 Å². The van der Waals surface area contributed by atoms with Gasteiger partial charge in [-0.15, -0.1) is 0 Å². The van der Waals surface area contributed by atoms with Crippen LogP contribution in [-0.2, 0) is 9.53 Å². The number of nitrogens with one attached hydrogen (secondary N) is 1. The first-order valence-electron chi connectivity index (χ1n) is 10.8. The second-order valence-electron chi connectivity index (χ2n) is 8.33. The highest BCUT2D eigenvalue weighted by atomic mass is 16.5. The molecule has 0 radical (unpaired) electrons. The van der Waals surface area contributed by atoms with Crippen molar-refractivity contribution in [1.29, 1.82) is 0 Å². The van der Waals surface area contributed by atoms with Gasteiger partial charge in [-0.2, -0.15) is 0 Å². The summed E-state index contributed by atoms with van der Waals surface area (Å²) < 4.78 is 5.40. The van der Waals surface area contributed by atoms with E-state index in [4.69, 9.17) is 4.74 Å². The van der Waals surface area contributed by atoms with E-state index in [0.717, 1.165) is 18.4 Å². The van der Waals surface area contributed by atoms with Crippen LogP contribution in [0.25, 0.3) is 22.2 Å². The van der Waals surface area contributed by atoms with Crippen LogP contribution < -0.4 is 5.32 Å². The van der Waals surface area contributed by atoms with Gasteiger partial charge in [-0.25, -0.2) is 9.78 Å². The Morgan fingerprint density at radius 3 is 2.77 bits per heavy atom. The minimum Gasteiger partial charge on any atom is -0.452 e. The number of ether oxygens (including phenoxy) is 1. The third-order valence-corrected chi connectivity index (χ3v) is 6.28. The number of rotatable bonds is 5. The summed E-state index contributed by atoms with van der Waals surface area (Å²) in [4.78, 5) is 34.1. The maximum Gasteiger partial charge on any atom is 0.339 e. The highest BCUT2D eigenvalue weighted by Crippen LogP contribution is 2.29. The monoisotopic (exact) mass is 417 g/mol. The van der Waals surface area contributed by atoms with E-state index in [1.54, 1.807) is 18.5 Å². The molecule has 1 aromatic carbocycles. The van der Waals surface area contributed by atoms with Crippen LogP contribution in [0.4, 0.5) is 0 Å². The summed E-state index contributed by atoms with van der Waals surface area (Å²) in [7, 11) is 0. The first-order chi connectivity index (χ1) is 15.0. The zero-order valence-corrected chi connectivity index (χ0v) is 17.9. The van der Waals surface area contributed by atoms with Gasteiger partial charge in [0, 0.05) is 29.4 Å². The van der Waals surface area contributed by atoms with Crippen molar-refractivity contribution in [1.82, 2.24) is 15.3 Å². The number of para-hydroxylation sites is 1. The summed E-state index contributed by atoms with van der Waals surface area (Å²) >= 11 is 0. The van der Waals surface area contributed by atoms with Crippen molar-refractivity contribution in [2.75, 3.05) is 6.61 Å². The zero-order valence-electron chi connectivity index (χ0n) is 17.9. The van der Waals surface area contributed by atoms with Crippen LogP contribution in [0.1, 0.15) is 43.5 Å². The SMILES string of the molecule is C[C@H]1[C@H](C)CCC[C@@H]1NC(=O)COC(=O)c1cc(-c2cccnc2)nc2ccccc12. The highest BCUT2D eigenvalue weighted by molar-refractivity contribution is 6.05. The average molecular weight is 418 g/mol. The molecule has 0 saturated heterocycles. The first-order valence-corrected chi connectivity index (χ1v) is 10.8. The van der Waals surface area contributed by atoms with Gasteiger partial charge in [0.2, 0.25) is 0 Å². The normalized spacial score (nSPS) is 20.9. The molecule has 0 bridgehead atoms. The fraction of sp³-hybridized carbons (Fsp3) is 0.360. The van der Waals surface area contributed by atoms with Crippen LogP contribution in [0.5, 0.6) is 0 Å². The zero-order chi connectivity index (χ0) is 21.8. The second kappa shape index (κ2) is 9.25. The van der Waals surface area contributed by atoms with Gasteiger partial charge in [-0.05, 0) is 42.5 Å². The lowest BCUT2D eigenvalue weighted by Crippen LogP contribution is -2.45. The molecular formula is C25H27N3O3. The van der Waals surface area contributed by atoms with E-state index < -0.39 is 5.97 Å². The summed E-state index contributed by atoms with van der Waals surface area (Å²) in [5.41, 5.74) is 2.51. The number of pyridine rings is 2. The predicted molar refractivity (Wildman–Crippen MR) is 119 cm³/mol. The summed E-state index contributed by atoms with van der Waals surface area (Å²) in [5, 5.41) is 3.73. The van der Waals surface area contributed by atoms with Gasteiger partial charge in [0.1, 0.15) is 0 Å². The Labute approximate surface area is 182 Å². The molecule has 1 fully saturated rings. The lowest BCUT2D eigenvalue weighted by atomic mass is 9.78. The van der Waals surface area contributed by atoms with Gasteiger partial charge in [-0.3, -0.25) is 9.78 Å². The smallest absolute Gasteiger partial charge is 0.339 e. The van der Waals surface area contributed by atoms with E-state index in [2.05, 4.69) is 29.1 Å². The van der Waals surface area contributed by atoms with Crippen molar-refractivity contribution in [2.45, 2.75) is 39.2 Å². The Hall–Kier alpha value is -3.28. The standard InChI is InChI=1S/C25H27N3O3/c1-16-7-5-11-21(17(16)2)28-24(29)15-31-25(30)20-13-23(18-8-6-12-26-14-18)27-22-10-4-3-9-19(20)22/h3-4,6,8-10,12-14,16-17,21H,5,7,11,15H2,1-2H3,(H,28,29)/t16-,17+,21+/m1/s1. The van der Waals surface area contributed by atoms with E-state index >= 15 is 0 Å². The number of nitrogens with zero attached hydrogens (tertiary/aromatic N) is 2. The first kappa shape index (κ1) is 21.0. The molecule has 1 amide bonds. The minimum atomic E-state index is -0.538. The molecule has 1 saturated carbocycles. The number of hydrogen-bond donors (Lipinski definition) is 1. The molecule has 4 rings (SSSR count). The molecule has 3 aromatic rings. The lowest BCUT2D eigenvalue weighted by Gasteiger charge is -2.34. The van der Waals surface area contributed by atoms with E-state index in [1.165, 1.54) is 6.42 Å². The molecule has 1 aliphatic carbocycles. The number of hydrogen-bond acceptors (Lipinski definition) is 5. The van der Waals surface area contributed by atoms with Crippen LogP contribution >= 0.6 is 0 Å². The lowest BCUT2D eigenvalue weighted by molar-refractivity contribution is -0.125. The number of benzene rings is 1. The van der Waals surface area contributed by atoms with Gasteiger partial charge in [0.05, 0.1) is 16.8 Å². The van der Waals surface area contributed by atoms with Crippen LogP contribution in [0.3, 0.4) is 0 Å². The maximum absolute atomic E-state index is 12.9. The van der Waals surface area contributed by atoms with E-state index in [9.17, 15) is 9.59 Å². The molecule has 160 valence electrons. The molecule has 0 unspecified atom stereocenters. The summed E-state index contributed by atoms with van der Waals surface area (Å²) in [6.45, 7) is 4.09. The molecule has 2 heterocycles. The number of esters is 1. The molecule has 0 aliphatic heterocycles. The molecule has 6 nitrogen and oxygen atoms in total. The van der Waals surface area contributed by atoms with Crippen molar-refractivity contribution < 1.29 is 14.3 Å². The van der Waals surface area contributed by atoms with Gasteiger partial charge in [0.25, 0.3) is 5.91 Å². The van der Waals surface area contributed by atoms with Crippen molar-refractivity contribution in [2.24, 2.45) is 11.8 Å². The summed E-state index contributed by atoms with van der Waals surface area (Å²) in [6, 6.07) is 12.9. The van der Waals surface area contributed by atoms with Crippen molar-refractivity contribution in [3.05, 3.63) is 60.4 Å². The molecule has 1 aliphatic rings. The Kier molecular flexibility index (Phi) is 6.26. The largest absolute Gasteiger partial charge is 0.452 e. The maximum atomic E-state index is 12.9. The molecule has 6 heteroatoms. The fourth-order valence-corrected chi connectivity index (χ4v) is 4.25. The van der Waals surface area contributed by atoms with E-state index in [1.807, 2.05) is 36.4 Å². The van der Waals surface area contributed by atoms with Gasteiger partial charge in [0.15, 0.2) is 6.61 Å². The Bertz CT molecular complexity index is 1080. The van der Waals surface area contributed by atoms with Gasteiger partial charge >= 0.3 is 5.97 Å². The van der Waals surface area contributed by atoms with Gasteiger partial charge in [-0.1, -0.05) is 44.9 Å². The van der Waals surface area contributed by atoms with Gasteiger partial charge < -0.3 is 10.1 Å². The predicted octanol–water partition coefficient (Wildman–Crippen LogP) is 4.39. The third-order valence-electron chi connectivity index (χ3n) is 6.28. The van der Waals surface area contributed by atoms with Crippen molar-refractivity contribution in [3.8, 4) is 11.3 Å². The molecule has 31 heavy (non-hydrogen) atoms. The van der Waals surface area contributed by atoms with Crippen LogP contribution in [0.15, 0.2) is 54.9 Å². The number of carbonyl (C=O) groups is 2. The topological polar surface area (TPSA) is 81.2 Å². The number of amides is 1. The van der Waals surface area contributed by atoms with Crippen molar-refractivity contribution >= 4 is 22.8 Å². The molecule has 3 atom stereocenters. The highest BCUT2D eigenvalue weighted by Gasteiger charge is 2.28. The minimum absolute atomic E-state index is 0.133. The third kappa shape index (κ3) is 4.74. The van der Waals surface area contributed by atoms with Crippen LogP contribution in [-0.4, -0.2) is 34.5 Å². The Balaban J connectivity index is 1.50. The Morgan fingerprint density at radius 2 is 1.97 bits per heavy atom. The number of fused-ring (bicyclic) bond motifs is 1. The molecular weight excluding hydrogens is 390 g/mol.